The predicted octanol–water partition coefficient (Wildman–Crippen LogP) is 4.73. The Labute approximate surface area is 245 Å². The quantitative estimate of drug-likeness (QED) is 0.248. The summed E-state index contributed by atoms with van der Waals surface area (Å²) in [5.74, 6) is -5.33. The molecule has 0 bridgehead atoms. The van der Waals surface area contributed by atoms with E-state index in [0.717, 1.165) is 22.9 Å². The summed E-state index contributed by atoms with van der Waals surface area (Å²) in [5.41, 5.74) is 4.43. The van der Waals surface area contributed by atoms with Crippen LogP contribution in [-0.4, -0.2) is 31.7 Å². The molecule has 44 heavy (non-hydrogen) atoms. The lowest BCUT2D eigenvalue weighted by Gasteiger charge is -2.22. The van der Waals surface area contributed by atoms with Gasteiger partial charge in [-0.25, -0.2) is 13.2 Å². The largest absolute Gasteiger partial charge is 0.435 e. The Kier molecular flexibility index (Phi) is 7.19. The number of hydrogen-bond acceptors (Lipinski definition) is 5. The van der Waals surface area contributed by atoms with Gasteiger partial charge < -0.3 is 16.2 Å². The fraction of sp³-hybridized carbons (Fsp3) is 0.267. The van der Waals surface area contributed by atoms with Crippen LogP contribution in [0.4, 0.5) is 26.3 Å². The Morgan fingerprint density at radius 3 is 2.50 bits per heavy atom. The molecule has 6 rings (SSSR count). The minimum atomic E-state index is -4.80. The first-order chi connectivity index (χ1) is 20.8. The summed E-state index contributed by atoms with van der Waals surface area (Å²) >= 11 is 0. The summed E-state index contributed by atoms with van der Waals surface area (Å²) < 4.78 is 84.6. The molecule has 0 spiro atoms. The summed E-state index contributed by atoms with van der Waals surface area (Å²) in [6.45, 7) is -0.701. The molecule has 4 atom stereocenters. The van der Waals surface area contributed by atoms with E-state index in [1.165, 1.54) is 24.4 Å². The molecule has 0 saturated heterocycles. The van der Waals surface area contributed by atoms with Gasteiger partial charge in [0.05, 0.1) is 29.1 Å². The van der Waals surface area contributed by atoms with Gasteiger partial charge in [0.15, 0.2) is 5.69 Å². The second-order valence-electron chi connectivity index (χ2n) is 10.9. The van der Waals surface area contributed by atoms with Gasteiger partial charge in [-0.2, -0.15) is 18.3 Å². The summed E-state index contributed by atoms with van der Waals surface area (Å²) in [7, 11) is 0. The van der Waals surface area contributed by atoms with Gasteiger partial charge in [0.2, 0.25) is 5.91 Å². The molecule has 1 saturated carbocycles. The monoisotopic (exact) mass is 615 g/mol. The highest BCUT2D eigenvalue weighted by Crippen LogP contribution is 2.63. The SMILES string of the molecule is NC(=O)c1cc(-c2cccnc2[C@H](Cc2cc(F)cc(F)c2)NC(=O)Cn2nc(C(F)(F)F)c3c2[C@H](O)C2C[C@H]32)ccc1F. The third-order valence-corrected chi connectivity index (χ3v) is 7.90. The average Bonchev–Trinajstić information content (AvgIpc) is 3.56. The molecule has 2 aliphatic rings. The lowest BCUT2D eigenvalue weighted by molar-refractivity contribution is -0.142. The van der Waals surface area contributed by atoms with E-state index in [0.29, 0.717) is 18.1 Å². The number of aliphatic hydroxyl groups excluding tert-OH is 1. The maximum Gasteiger partial charge on any atom is 0.435 e. The van der Waals surface area contributed by atoms with Crippen molar-refractivity contribution < 1.29 is 41.0 Å². The van der Waals surface area contributed by atoms with Gasteiger partial charge in [-0.05, 0) is 66.1 Å². The number of fused-ring (bicyclic) bond motifs is 3. The van der Waals surface area contributed by atoms with Crippen LogP contribution in [0.3, 0.4) is 0 Å². The number of rotatable bonds is 8. The number of carbonyl (C=O) groups is 2. The molecule has 2 amide bonds. The van der Waals surface area contributed by atoms with Gasteiger partial charge in [-0.3, -0.25) is 19.3 Å². The molecule has 2 aromatic carbocycles. The Hall–Kier alpha value is -4.72. The van der Waals surface area contributed by atoms with Crippen molar-refractivity contribution in [2.45, 2.75) is 43.6 Å². The highest BCUT2D eigenvalue weighted by molar-refractivity contribution is 5.94. The molecular formula is C30H23F6N5O3. The number of pyridine rings is 1. The normalized spacial score (nSPS) is 19.3. The van der Waals surface area contributed by atoms with Crippen LogP contribution in [0.15, 0.2) is 54.7 Å². The van der Waals surface area contributed by atoms with Crippen molar-refractivity contribution in [1.82, 2.24) is 20.1 Å². The Morgan fingerprint density at radius 1 is 1.09 bits per heavy atom. The van der Waals surface area contributed by atoms with Gasteiger partial charge in [-0.15, -0.1) is 0 Å². The number of aromatic nitrogens is 3. The first-order valence-corrected chi connectivity index (χ1v) is 13.5. The minimum Gasteiger partial charge on any atom is -0.386 e. The number of primary amides is 1. The van der Waals surface area contributed by atoms with Crippen LogP contribution in [0, 0.1) is 23.4 Å². The van der Waals surface area contributed by atoms with E-state index >= 15 is 0 Å². The van der Waals surface area contributed by atoms with Crippen molar-refractivity contribution in [2.24, 2.45) is 11.7 Å². The standard InChI is InChI=1S/C30H23F6N5O3/c31-15-6-13(7-16(32)10-15)8-22(25-17(2-1-5-38-25)14-3-4-21(33)20(9-14)29(37)44)39-23(42)12-41-26-24(18-11-19(18)27(26)43)28(40-41)30(34,35)36/h1-7,9-10,18-19,22,27,43H,8,11-12H2,(H2,37,44)(H,39,42)/t18-,19?,22-,27+/m0/s1. The van der Waals surface area contributed by atoms with Gasteiger partial charge in [0, 0.05) is 23.4 Å². The highest BCUT2D eigenvalue weighted by atomic mass is 19.4. The van der Waals surface area contributed by atoms with Crippen molar-refractivity contribution >= 4 is 11.8 Å². The first kappa shape index (κ1) is 29.4. The van der Waals surface area contributed by atoms with E-state index in [1.807, 2.05) is 0 Å². The summed E-state index contributed by atoms with van der Waals surface area (Å²) in [6.07, 6.45) is -4.45. The number of hydrogen-bond donors (Lipinski definition) is 3. The molecular weight excluding hydrogens is 592 g/mol. The zero-order valence-electron chi connectivity index (χ0n) is 22.6. The van der Waals surface area contributed by atoms with Crippen molar-refractivity contribution in [3.05, 3.63) is 106 Å². The van der Waals surface area contributed by atoms with Crippen LogP contribution >= 0.6 is 0 Å². The van der Waals surface area contributed by atoms with Crippen LogP contribution in [0.1, 0.15) is 63.1 Å². The van der Waals surface area contributed by atoms with Crippen molar-refractivity contribution in [3.8, 4) is 11.1 Å². The number of alkyl halides is 3. The number of carbonyl (C=O) groups excluding carboxylic acids is 2. The van der Waals surface area contributed by atoms with E-state index in [9.17, 15) is 41.0 Å². The molecule has 14 heteroatoms. The lowest BCUT2D eigenvalue weighted by atomic mass is 9.94. The fourth-order valence-electron chi connectivity index (χ4n) is 5.97. The van der Waals surface area contributed by atoms with E-state index in [4.69, 9.17) is 5.73 Å². The van der Waals surface area contributed by atoms with Crippen LogP contribution in [0.2, 0.25) is 0 Å². The second kappa shape index (κ2) is 10.8. The van der Waals surface area contributed by atoms with E-state index in [2.05, 4.69) is 15.4 Å². The van der Waals surface area contributed by atoms with Gasteiger partial charge >= 0.3 is 6.18 Å². The van der Waals surface area contributed by atoms with Gasteiger partial charge in [0.1, 0.15) is 24.0 Å². The smallest absolute Gasteiger partial charge is 0.386 e. The summed E-state index contributed by atoms with van der Waals surface area (Å²) in [5, 5.41) is 16.9. The van der Waals surface area contributed by atoms with Crippen LogP contribution in [-0.2, 0) is 23.9 Å². The predicted molar refractivity (Wildman–Crippen MR) is 142 cm³/mol. The topological polar surface area (TPSA) is 123 Å². The third-order valence-electron chi connectivity index (χ3n) is 7.90. The molecule has 2 heterocycles. The number of amides is 2. The molecule has 4 aromatic rings. The molecule has 2 aliphatic carbocycles. The Bertz CT molecular complexity index is 1790. The van der Waals surface area contributed by atoms with Crippen LogP contribution in [0.25, 0.3) is 11.1 Å². The molecule has 228 valence electrons. The Balaban J connectivity index is 1.37. The second-order valence-corrected chi connectivity index (χ2v) is 10.9. The average molecular weight is 616 g/mol. The number of benzene rings is 2. The molecule has 1 fully saturated rings. The number of nitrogens with two attached hydrogens (primary N) is 1. The molecule has 4 N–H and O–H groups in total. The number of nitrogens with zero attached hydrogens (tertiary/aromatic N) is 3. The number of nitrogens with one attached hydrogen (secondary N) is 1. The Morgan fingerprint density at radius 2 is 1.82 bits per heavy atom. The number of aliphatic hydroxyl groups is 1. The van der Waals surface area contributed by atoms with Crippen molar-refractivity contribution in [1.29, 1.82) is 0 Å². The molecule has 0 aliphatic heterocycles. The summed E-state index contributed by atoms with van der Waals surface area (Å²) in [6, 6.07) is 8.30. The fourth-order valence-corrected chi connectivity index (χ4v) is 5.97. The zero-order valence-corrected chi connectivity index (χ0v) is 22.6. The first-order valence-electron chi connectivity index (χ1n) is 13.5. The maximum absolute atomic E-state index is 14.2. The highest BCUT2D eigenvalue weighted by Gasteiger charge is 2.58. The van der Waals surface area contributed by atoms with E-state index in [-0.39, 0.29) is 40.4 Å². The van der Waals surface area contributed by atoms with Crippen LogP contribution < -0.4 is 11.1 Å². The molecule has 2 aromatic heterocycles. The van der Waals surface area contributed by atoms with E-state index < -0.39 is 71.3 Å². The van der Waals surface area contributed by atoms with Crippen molar-refractivity contribution in [2.75, 3.05) is 0 Å². The number of halogens is 6. The summed E-state index contributed by atoms with van der Waals surface area (Å²) in [4.78, 5) is 29.5. The zero-order chi connectivity index (χ0) is 31.5. The molecule has 8 nitrogen and oxygen atoms in total. The third kappa shape index (κ3) is 5.41. The lowest BCUT2D eigenvalue weighted by Crippen LogP contribution is -2.34. The molecule has 0 radical (unpaired) electrons. The maximum atomic E-state index is 14.2. The minimum absolute atomic E-state index is 0.0682. The molecule has 1 unspecified atom stereocenters. The van der Waals surface area contributed by atoms with Crippen molar-refractivity contribution in [3.63, 3.8) is 0 Å². The van der Waals surface area contributed by atoms with Gasteiger partial charge in [0.25, 0.3) is 5.91 Å². The van der Waals surface area contributed by atoms with E-state index in [1.54, 1.807) is 6.07 Å². The van der Waals surface area contributed by atoms with Crippen LogP contribution in [0.5, 0.6) is 0 Å². The van der Waals surface area contributed by atoms with Gasteiger partial charge in [-0.1, -0.05) is 12.1 Å².